The lowest BCUT2D eigenvalue weighted by molar-refractivity contribution is 0.301. The summed E-state index contributed by atoms with van der Waals surface area (Å²) in [6, 6.07) is 9.89. The molecule has 108 valence electrons. The molecule has 0 saturated carbocycles. The average molecular weight is 291 g/mol. The molecule has 1 aliphatic heterocycles. The summed E-state index contributed by atoms with van der Waals surface area (Å²) in [7, 11) is 0. The van der Waals surface area contributed by atoms with Crippen molar-refractivity contribution in [3.63, 3.8) is 0 Å². The molecule has 0 atom stereocenters. The zero-order valence-electron chi connectivity index (χ0n) is 11.7. The Bertz CT molecular complexity index is 441. The van der Waals surface area contributed by atoms with Crippen molar-refractivity contribution in [2.24, 2.45) is 0 Å². The summed E-state index contributed by atoms with van der Waals surface area (Å²) in [5, 5.41) is 12.0. The van der Waals surface area contributed by atoms with Crippen molar-refractivity contribution in [2.75, 3.05) is 44.3 Å². The Hall–Kier alpha value is -1.22. The van der Waals surface area contributed by atoms with Gasteiger partial charge in [-0.05, 0) is 17.7 Å². The van der Waals surface area contributed by atoms with Crippen molar-refractivity contribution in [1.82, 2.24) is 10.2 Å². The Morgan fingerprint density at radius 2 is 2.20 bits per heavy atom. The van der Waals surface area contributed by atoms with Gasteiger partial charge in [0, 0.05) is 44.2 Å². The monoisotopic (exact) mass is 291 g/mol. The molecule has 0 amide bonds. The molecule has 0 radical (unpaired) electrons. The third-order valence-electron chi connectivity index (χ3n) is 3.24. The SMILES string of the molecule is N#CCOc1cccc(CNCCN2CCSCC2)c1. The van der Waals surface area contributed by atoms with E-state index < -0.39 is 0 Å². The molecule has 1 aliphatic rings. The van der Waals surface area contributed by atoms with Crippen LogP contribution >= 0.6 is 11.8 Å². The minimum absolute atomic E-state index is 0.101. The van der Waals surface area contributed by atoms with Gasteiger partial charge in [0.15, 0.2) is 6.61 Å². The normalized spacial score (nSPS) is 15.8. The van der Waals surface area contributed by atoms with Crippen molar-refractivity contribution >= 4 is 11.8 Å². The van der Waals surface area contributed by atoms with Crippen molar-refractivity contribution in [2.45, 2.75) is 6.54 Å². The van der Waals surface area contributed by atoms with Gasteiger partial charge in [0.2, 0.25) is 0 Å². The Labute approximate surface area is 125 Å². The summed E-state index contributed by atoms with van der Waals surface area (Å²) in [5.41, 5.74) is 1.19. The van der Waals surface area contributed by atoms with E-state index in [4.69, 9.17) is 10.00 Å². The molecule has 4 nitrogen and oxygen atoms in total. The third-order valence-corrected chi connectivity index (χ3v) is 4.18. The van der Waals surface area contributed by atoms with Crippen LogP contribution in [0.5, 0.6) is 5.75 Å². The standard InChI is InChI=1S/C15H21N3OS/c16-4-9-19-15-3-1-2-14(12-15)13-17-5-6-18-7-10-20-11-8-18/h1-3,12,17H,5-11,13H2. The van der Waals surface area contributed by atoms with E-state index >= 15 is 0 Å². The molecular formula is C15H21N3OS. The van der Waals surface area contributed by atoms with Gasteiger partial charge in [-0.3, -0.25) is 0 Å². The van der Waals surface area contributed by atoms with E-state index in [1.54, 1.807) is 0 Å². The zero-order chi connectivity index (χ0) is 14.0. The molecule has 1 aromatic rings. The van der Waals surface area contributed by atoms with Crippen molar-refractivity contribution in [3.05, 3.63) is 29.8 Å². The molecule has 1 heterocycles. The fourth-order valence-corrected chi connectivity index (χ4v) is 3.13. The molecule has 0 bridgehead atoms. The molecule has 0 aromatic heterocycles. The second-order valence-corrected chi connectivity index (χ2v) is 5.95. The first-order chi connectivity index (χ1) is 9.88. The third kappa shape index (κ3) is 5.41. The Kier molecular flexibility index (Phi) is 6.72. The predicted octanol–water partition coefficient (Wildman–Crippen LogP) is 1.73. The summed E-state index contributed by atoms with van der Waals surface area (Å²) < 4.78 is 5.30. The number of rotatable bonds is 7. The number of hydrogen-bond donors (Lipinski definition) is 1. The largest absolute Gasteiger partial charge is 0.479 e. The summed E-state index contributed by atoms with van der Waals surface area (Å²) in [6.07, 6.45) is 0. The molecule has 0 unspecified atom stereocenters. The molecule has 1 N–H and O–H groups in total. The average Bonchev–Trinajstić information content (AvgIpc) is 2.51. The zero-order valence-corrected chi connectivity index (χ0v) is 12.5. The van der Waals surface area contributed by atoms with Crippen LogP contribution in [0, 0.1) is 11.3 Å². The number of hydrogen-bond acceptors (Lipinski definition) is 5. The Morgan fingerprint density at radius 3 is 3.00 bits per heavy atom. The van der Waals surface area contributed by atoms with E-state index in [2.05, 4.69) is 16.3 Å². The molecule has 0 aliphatic carbocycles. The highest BCUT2D eigenvalue weighted by Crippen LogP contribution is 2.13. The number of nitriles is 1. The molecule has 0 spiro atoms. The minimum atomic E-state index is 0.101. The van der Waals surface area contributed by atoms with E-state index in [0.29, 0.717) is 0 Å². The maximum absolute atomic E-state index is 8.50. The van der Waals surface area contributed by atoms with Crippen LogP contribution in [0.15, 0.2) is 24.3 Å². The van der Waals surface area contributed by atoms with Crippen LogP contribution in [-0.2, 0) is 6.54 Å². The van der Waals surface area contributed by atoms with Gasteiger partial charge in [0.25, 0.3) is 0 Å². The van der Waals surface area contributed by atoms with Crippen LogP contribution in [0.2, 0.25) is 0 Å². The second-order valence-electron chi connectivity index (χ2n) is 4.72. The number of thioether (sulfide) groups is 1. The minimum Gasteiger partial charge on any atom is -0.479 e. The summed E-state index contributed by atoms with van der Waals surface area (Å²) in [5.74, 6) is 3.29. The molecule has 20 heavy (non-hydrogen) atoms. The van der Waals surface area contributed by atoms with E-state index in [1.807, 2.05) is 36.0 Å². The van der Waals surface area contributed by atoms with Crippen LogP contribution in [-0.4, -0.2) is 49.2 Å². The van der Waals surface area contributed by atoms with Gasteiger partial charge in [0.1, 0.15) is 11.8 Å². The van der Waals surface area contributed by atoms with Crippen molar-refractivity contribution in [3.8, 4) is 11.8 Å². The Morgan fingerprint density at radius 1 is 1.35 bits per heavy atom. The molecular weight excluding hydrogens is 270 g/mol. The molecule has 5 heteroatoms. The molecule has 1 aromatic carbocycles. The van der Waals surface area contributed by atoms with Crippen LogP contribution in [0.1, 0.15) is 5.56 Å². The second kappa shape index (κ2) is 8.85. The highest BCUT2D eigenvalue weighted by molar-refractivity contribution is 7.99. The molecule has 1 saturated heterocycles. The van der Waals surface area contributed by atoms with Gasteiger partial charge >= 0.3 is 0 Å². The maximum atomic E-state index is 8.50. The number of ether oxygens (including phenoxy) is 1. The van der Waals surface area contributed by atoms with Crippen LogP contribution in [0.4, 0.5) is 0 Å². The quantitative estimate of drug-likeness (QED) is 0.775. The number of nitrogens with zero attached hydrogens (tertiary/aromatic N) is 2. The van der Waals surface area contributed by atoms with Gasteiger partial charge in [-0.2, -0.15) is 17.0 Å². The van der Waals surface area contributed by atoms with Crippen LogP contribution in [0.3, 0.4) is 0 Å². The van der Waals surface area contributed by atoms with Gasteiger partial charge in [-0.1, -0.05) is 12.1 Å². The smallest absolute Gasteiger partial charge is 0.174 e. The van der Waals surface area contributed by atoms with Crippen LogP contribution in [0.25, 0.3) is 0 Å². The Balaban J connectivity index is 1.66. The summed E-state index contributed by atoms with van der Waals surface area (Å²) in [4.78, 5) is 2.51. The number of nitrogens with one attached hydrogen (secondary N) is 1. The predicted molar refractivity (Wildman–Crippen MR) is 83.0 cm³/mol. The first kappa shape index (κ1) is 15.2. The molecule has 2 rings (SSSR count). The lowest BCUT2D eigenvalue weighted by Crippen LogP contribution is -2.37. The maximum Gasteiger partial charge on any atom is 0.174 e. The lowest BCUT2D eigenvalue weighted by Gasteiger charge is -2.26. The van der Waals surface area contributed by atoms with Gasteiger partial charge in [0.05, 0.1) is 0 Å². The van der Waals surface area contributed by atoms with Crippen molar-refractivity contribution in [1.29, 1.82) is 5.26 Å². The van der Waals surface area contributed by atoms with Gasteiger partial charge in [-0.25, -0.2) is 0 Å². The summed E-state index contributed by atoms with van der Waals surface area (Å²) in [6.45, 7) is 5.49. The molecule has 1 fully saturated rings. The lowest BCUT2D eigenvalue weighted by atomic mass is 10.2. The first-order valence-electron chi connectivity index (χ1n) is 6.98. The van der Waals surface area contributed by atoms with E-state index in [-0.39, 0.29) is 6.61 Å². The number of benzene rings is 1. The summed E-state index contributed by atoms with van der Waals surface area (Å²) >= 11 is 2.04. The van der Waals surface area contributed by atoms with E-state index in [9.17, 15) is 0 Å². The van der Waals surface area contributed by atoms with Crippen LogP contribution < -0.4 is 10.1 Å². The highest BCUT2D eigenvalue weighted by Gasteiger charge is 2.08. The van der Waals surface area contributed by atoms with Gasteiger partial charge < -0.3 is 15.0 Å². The topological polar surface area (TPSA) is 48.3 Å². The highest BCUT2D eigenvalue weighted by atomic mass is 32.2. The fourth-order valence-electron chi connectivity index (χ4n) is 2.16. The van der Waals surface area contributed by atoms with E-state index in [0.717, 1.165) is 25.4 Å². The fraction of sp³-hybridized carbons (Fsp3) is 0.533. The van der Waals surface area contributed by atoms with Crippen molar-refractivity contribution < 1.29 is 4.74 Å². The first-order valence-corrected chi connectivity index (χ1v) is 8.13. The van der Waals surface area contributed by atoms with Gasteiger partial charge in [-0.15, -0.1) is 0 Å². The van der Waals surface area contributed by atoms with E-state index in [1.165, 1.54) is 30.2 Å².